The minimum atomic E-state index is -0.262. The molecule has 1 fully saturated rings. The van der Waals surface area contributed by atoms with Crippen LogP contribution in [0.3, 0.4) is 0 Å². The maximum absolute atomic E-state index is 9.71. The molecule has 1 atom stereocenters. The highest BCUT2D eigenvalue weighted by molar-refractivity contribution is 7.20. The standard InChI is InChI=1S/C17H19N5OS2/c1-21(9-12-11-25-16(19-12)14-3-2-8-24-14)17-18-6-4-15(20-17)22-7-5-13(23)10-22/h2-4,6,8,11,13,23H,5,7,9-10H2,1H3/t13-/m0/s1. The van der Waals surface area contributed by atoms with E-state index in [1.165, 1.54) is 4.88 Å². The van der Waals surface area contributed by atoms with Gasteiger partial charge in [0.15, 0.2) is 0 Å². The van der Waals surface area contributed by atoms with Crippen LogP contribution in [0.25, 0.3) is 9.88 Å². The Kier molecular flexibility index (Phi) is 4.65. The van der Waals surface area contributed by atoms with Crippen LogP contribution < -0.4 is 9.80 Å². The number of aliphatic hydroxyl groups is 1. The molecule has 3 aromatic heterocycles. The summed E-state index contributed by atoms with van der Waals surface area (Å²) >= 11 is 3.37. The lowest BCUT2D eigenvalue weighted by Gasteiger charge is -2.20. The Hall–Kier alpha value is -2.03. The van der Waals surface area contributed by atoms with Crippen LogP contribution in [0, 0.1) is 0 Å². The second-order valence-electron chi connectivity index (χ2n) is 6.08. The SMILES string of the molecule is CN(Cc1csc(-c2cccs2)n1)c1nccc(N2CC[C@H](O)C2)n1. The Bertz CT molecular complexity index is 835. The summed E-state index contributed by atoms with van der Waals surface area (Å²) in [5.41, 5.74) is 1.02. The lowest BCUT2D eigenvalue weighted by molar-refractivity contribution is 0.198. The number of anilines is 2. The molecule has 8 heteroatoms. The molecule has 0 spiro atoms. The number of thiazole rings is 1. The number of nitrogens with zero attached hydrogens (tertiary/aromatic N) is 5. The van der Waals surface area contributed by atoms with Crippen LogP contribution in [-0.2, 0) is 6.54 Å². The molecule has 1 aliphatic rings. The summed E-state index contributed by atoms with van der Waals surface area (Å²) in [5.74, 6) is 1.54. The van der Waals surface area contributed by atoms with Crippen LogP contribution in [0.2, 0.25) is 0 Å². The molecule has 0 radical (unpaired) electrons. The molecule has 6 nitrogen and oxygen atoms in total. The van der Waals surface area contributed by atoms with Gasteiger partial charge in [-0.2, -0.15) is 4.98 Å². The maximum Gasteiger partial charge on any atom is 0.227 e. The molecular formula is C17H19N5OS2. The van der Waals surface area contributed by atoms with Gasteiger partial charge in [0.1, 0.15) is 10.8 Å². The number of hydrogen-bond acceptors (Lipinski definition) is 8. The number of aliphatic hydroxyl groups excluding tert-OH is 1. The van der Waals surface area contributed by atoms with Crippen molar-refractivity contribution < 1.29 is 5.11 Å². The highest BCUT2D eigenvalue weighted by Gasteiger charge is 2.22. The summed E-state index contributed by atoms with van der Waals surface area (Å²) in [5, 5.41) is 14.9. The fourth-order valence-corrected chi connectivity index (χ4v) is 4.48. The van der Waals surface area contributed by atoms with Gasteiger partial charge in [-0.1, -0.05) is 6.07 Å². The van der Waals surface area contributed by atoms with Gasteiger partial charge in [0, 0.05) is 31.7 Å². The third-order valence-corrected chi connectivity index (χ3v) is 6.07. The van der Waals surface area contributed by atoms with E-state index in [1.807, 2.05) is 24.1 Å². The van der Waals surface area contributed by atoms with Crippen molar-refractivity contribution in [1.29, 1.82) is 0 Å². The molecule has 3 aromatic rings. The van der Waals surface area contributed by atoms with Crippen molar-refractivity contribution in [3.63, 3.8) is 0 Å². The summed E-state index contributed by atoms with van der Waals surface area (Å²) in [6.07, 6.45) is 2.30. The first-order valence-corrected chi connectivity index (χ1v) is 9.90. The number of aromatic nitrogens is 3. The van der Waals surface area contributed by atoms with E-state index < -0.39 is 0 Å². The first kappa shape index (κ1) is 16.4. The topological polar surface area (TPSA) is 65.4 Å². The van der Waals surface area contributed by atoms with Gasteiger partial charge in [0.05, 0.1) is 23.2 Å². The summed E-state index contributed by atoms with van der Waals surface area (Å²) in [6, 6.07) is 6.03. The fourth-order valence-electron chi connectivity index (χ4n) is 2.86. The van der Waals surface area contributed by atoms with Gasteiger partial charge in [-0.05, 0) is 23.9 Å². The monoisotopic (exact) mass is 373 g/mol. The van der Waals surface area contributed by atoms with Crippen molar-refractivity contribution in [2.75, 3.05) is 29.9 Å². The van der Waals surface area contributed by atoms with Crippen LogP contribution >= 0.6 is 22.7 Å². The first-order chi connectivity index (χ1) is 12.2. The van der Waals surface area contributed by atoms with Crippen molar-refractivity contribution in [3.05, 3.63) is 40.8 Å². The quantitative estimate of drug-likeness (QED) is 0.742. The number of thiophene rings is 1. The number of rotatable bonds is 5. The highest BCUT2D eigenvalue weighted by Crippen LogP contribution is 2.28. The van der Waals surface area contributed by atoms with E-state index >= 15 is 0 Å². The molecule has 4 rings (SSSR count). The zero-order valence-electron chi connectivity index (χ0n) is 13.9. The molecule has 1 aliphatic heterocycles. The molecule has 0 unspecified atom stereocenters. The largest absolute Gasteiger partial charge is 0.391 e. The molecule has 0 aliphatic carbocycles. The van der Waals surface area contributed by atoms with E-state index in [0.29, 0.717) is 19.0 Å². The Morgan fingerprint density at radius 1 is 1.32 bits per heavy atom. The minimum absolute atomic E-state index is 0.262. The minimum Gasteiger partial charge on any atom is -0.391 e. The van der Waals surface area contributed by atoms with Gasteiger partial charge < -0.3 is 14.9 Å². The molecule has 0 amide bonds. The predicted molar refractivity (Wildman–Crippen MR) is 102 cm³/mol. The van der Waals surface area contributed by atoms with Crippen molar-refractivity contribution in [3.8, 4) is 9.88 Å². The van der Waals surface area contributed by atoms with Crippen LogP contribution in [-0.4, -0.2) is 46.3 Å². The molecular weight excluding hydrogens is 354 g/mol. The summed E-state index contributed by atoms with van der Waals surface area (Å²) < 4.78 is 0. The van der Waals surface area contributed by atoms with Gasteiger partial charge in [-0.25, -0.2) is 9.97 Å². The summed E-state index contributed by atoms with van der Waals surface area (Å²) in [4.78, 5) is 19.1. The van der Waals surface area contributed by atoms with Crippen LogP contribution in [0.5, 0.6) is 0 Å². The average Bonchev–Trinajstić information content (AvgIpc) is 3.36. The number of hydrogen-bond donors (Lipinski definition) is 1. The van der Waals surface area contributed by atoms with Gasteiger partial charge in [0.2, 0.25) is 5.95 Å². The lowest BCUT2D eigenvalue weighted by Crippen LogP contribution is -2.24. The molecule has 0 aromatic carbocycles. The first-order valence-electron chi connectivity index (χ1n) is 8.14. The summed E-state index contributed by atoms with van der Waals surface area (Å²) in [7, 11) is 1.97. The van der Waals surface area contributed by atoms with Crippen LogP contribution in [0.15, 0.2) is 35.2 Å². The van der Waals surface area contributed by atoms with Gasteiger partial charge >= 0.3 is 0 Å². The third-order valence-electron chi connectivity index (χ3n) is 4.14. The molecule has 25 heavy (non-hydrogen) atoms. The van der Waals surface area contributed by atoms with E-state index in [0.717, 1.165) is 29.5 Å². The maximum atomic E-state index is 9.71. The normalized spacial score (nSPS) is 17.2. The van der Waals surface area contributed by atoms with Crippen molar-refractivity contribution in [1.82, 2.24) is 15.0 Å². The van der Waals surface area contributed by atoms with Crippen molar-refractivity contribution >= 4 is 34.4 Å². The van der Waals surface area contributed by atoms with Gasteiger partial charge in [0.25, 0.3) is 0 Å². The Morgan fingerprint density at radius 3 is 3.00 bits per heavy atom. The van der Waals surface area contributed by atoms with Crippen LogP contribution in [0.1, 0.15) is 12.1 Å². The van der Waals surface area contributed by atoms with E-state index in [4.69, 9.17) is 4.98 Å². The molecule has 4 heterocycles. The molecule has 1 N–H and O–H groups in total. The van der Waals surface area contributed by atoms with Crippen molar-refractivity contribution in [2.24, 2.45) is 0 Å². The second-order valence-corrected chi connectivity index (χ2v) is 7.89. The molecule has 0 bridgehead atoms. The lowest BCUT2D eigenvalue weighted by atomic mass is 10.3. The van der Waals surface area contributed by atoms with Crippen molar-refractivity contribution in [2.45, 2.75) is 19.1 Å². The molecule has 1 saturated heterocycles. The van der Waals surface area contributed by atoms with Crippen LogP contribution in [0.4, 0.5) is 11.8 Å². The van der Waals surface area contributed by atoms with E-state index in [9.17, 15) is 5.11 Å². The molecule has 130 valence electrons. The zero-order valence-corrected chi connectivity index (χ0v) is 15.5. The fraction of sp³-hybridized carbons (Fsp3) is 0.353. The highest BCUT2D eigenvalue weighted by atomic mass is 32.1. The Balaban J connectivity index is 1.47. The second kappa shape index (κ2) is 7.07. The smallest absolute Gasteiger partial charge is 0.227 e. The third kappa shape index (κ3) is 3.65. The Morgan fingerprint density at radius 2 is 2.24 bits per heavy atom. The number of β-amino-alcohol motifs (C(OH)–C–C–N with tert-alkyl or cyclic N) is 1. The average molecular weight is 374 g/mol. The summed E-state index contributed by atoms with van der Waals surface area (Å²) in [6.45, 7) is 2.13. The predicted octanol–water partition coefficient (Wildman–Crippen LogP) is 2.87. The van der Waals surface area contributed by atoms with Gasteiger partial charge in [-0.15, -0.1) is 22.7 Å². The van der Waals surface area contributed by atoms with E-state index in [1.54, 1.807) is 28.9 Å². The van der Waals surface area contributed by atoms with Gasteiger partial charge in [-0.3, -0.25) is 0 Å². The van der Waals surface area contributed by atoms with E-state index in [2.05, 4.69) is 31.7 Å². The zero-order chi connectivity index (χ0) is 17.2. The Labute approximate surface area is 154 Å². The molecule has 0 saturated carbocycles. The van der Waals surface area contributed by atoms with E-state index in [-0.39, 0.29) is 6.10 Å².